The normalized spacial score (nSPS) is 11.7. The number of benzene rings is 1. The Kier molecular flexibility index (Phi) is 7.24. The maximum atomic E-state index is 6.12. The minimum absolute atomic E-state index is 0.806. The third-order valence-electron chi connectivity index (χ3n) is 3.05. The van der Waals surface area contributed by atoms with Crippen molar-refractivity contribution in [3.8, 4) is 0 Å². The van der Waals surface area contributed by atoms with E-state index in [1.54, 1.807) is 0 Å². The lowest BCUT2D eigenvalue weighted by atomic mass is 10.4. The molecule has 1 rings (SSSR count). The molecule has 0 spiro atoms. The van der Waals surface area contributed by atoms with Gasteiger partial charge in [-0.15, -0.1) is 0 Å². The molecule has 0 aliphatic heterocycles. The Hall–Kier alpha value is -0.643. The van der Waals surface area contributed by atoms with Crippen LogP contribution in [0.3, 0.4) is 0 Å². The summed E-state index contributed by atoms with van der Waals surface area (Å²) in [7, 11) is -2.20. The van der Waals surface area contributed by atoms with Crippen LogP contribution in [0, 0.1) is 0 Å². The number of hydrogen-bond donors (Lipinski definition) is 0. The Morgan fingerprint density at radius 1 is 0.889 bits per heavy atom. The van der Waals surface area contributed by atoms with Crippen molar-refractivity contribution in [1.82, 2.24) is 0 Å². The van der Waals surface area contributed by atoms with Gasteiger partial charge in [-0.3, -0.25) is 0 Å². The van der Waals surface area contributed by atoms with E-state index in [9.17, 15) is 0 Å². The Morgan fingerprint density at radius 3 is 1.83 bits per heavy atom. The number of unbranched alkanes of at least 4 members (excludes halogenated alkanes) is 2. The second kappa shape index (κ2) is 8.46. The number of hydrogen-bond acceptors (Lipinski definition) is 2. The van der Waals surface area contributed by atoms with E-state index in [2.05, 4.69) is 44.7 Å². The Balaban J connectivity index is 2.67. The van der Waals surface area contributed by atoms with Gasteiger partial charge >= 0.3 is 8.56 Å². The van der Waals surface area contributed by atoms with Crippen LogP contribution in [0.25, 0.3) is 0 Å². The molecule has 1 aromatic carbocycles. The molecule has 2 nitrogen and oxygen atoms in total. The first-order valence-electron chi connectivity index (χ1n) is 7.06. The molecule has 0 N–H and O–H groups in total. The maximum absolute atomic E-state index is 6.12. The SMILES string of the molecule is CCCCO[Si](C)(OCCCC)c1ccccc1. The van der Waals surface area contributed by atoms with Gasteiger partial charge in [0.05, 0.1) is 0 Å². The highest BCUT2D eigenvalue weighted by Gasteiger charge is 2.33. The highest BCUT2D eigenvalue weighted by atomic mass is 28.4. The fourth-order valence-corrected chi connectivity index (χ4v) is 4.05. The van der Waals surface area contributed by atoms with E-state index >= 15 is 0 Å². The van der Waals surface area contributed by atoms with E-state index in [-0.39, 0.29) is 0 Å². The predicted octanol–water partition coefficient (Wildman–Crippen LogP) is 3.60. The Labute approximate surface area is 113 Å². The van der Waals surface area contributed by atoms with E-state index in [1.165, 1.54) is 5.19 Å². The van der Waals surface area contributed by atoms with Crippen LogP contribution in [0.15, 0.2) is 30.3 Å². The molecular weight excluding hydrogens is 240 g/mol. The summed E-state index contributed by atoms with van der Waals surface area (Å²) in [6.07, 6.45) is 4.53. The molecule has 0 heterocycles. The molecule has 0 amide bonds. The molecule has 0 saturated heterocycles. The van der Waals surface area contributed by atoms with E-state index in [4.69, 9.17) is 8.85 Å². The quantitative estimate of drug-likeness (QED) is 0.502. The molecule has 0 radical (unpaired) electrons. The molecule has 0 fully saturated rings. The van der Waals surface area contributed by atoms with Gasteiger partial charge in [0, 0.05) is 13.2 Å². The van der Waals surface area contributed by atoms with Crippen LogP contribution in [-0.4, -0.2) is 21.8 Å². The van der Waals surface area contributed by atoms with Crippen molar-refractivity contribution < 1.29 is 8.85 Å². The molecule has 102 valence electrons. The Morgan fingerprint density at radius 2 is 1.39 bits per heavy atom. The standard InChI is InChI=1S/C15H26O2Si/c1-4-6-13-16-18(3,17-14-7-5-2)15-11-9-8-10-12-15/h8-12H,4-7,13-14H2,1-3H3. The van der Waals surface area contributed by atoms with E-state index in [0.717, 1.165) is 38.9 Å². The zero-order valence-electron chi connectivity index (χ0n) is 11.9. The average Bonchev–Trinajstić information content (AvgIpc) is 2.40. The Bertz CT molecular complexity index is 304. The van der Waals surface area contributed by atoms with Gasteiger partial charge in [0.2, 0.25) is 0 Å². The zero-order chi connectivity index (χ0) is 13.3. The summed E-state index contributed by atoms with van der Waals surface area (Å²) in [6.45, 7) is 8.14. The van der Waals surface area contributed by atoms with Crippen LogP contribution in [0.1, 0.15) is 39.5 Å². The zero-order valence-corrected chi connectivity index (χ0v) is 12.9. The molecule has 0 atom stereocenters. The van der Waals surface area contributed by atoms with Crippen LogP contribution in [0.2, 0.25) is 6.55 Å². The van der Waals surface area contributed by atoms with Gasteiger partial charge in [-0.2, -0.15) is 0 Å². The first kappa shape index (κ1) is 15.4. The van der Waals surface area contributed by atoms with Crippen LogP contribution < -0.4 is 5.19 Å². The highest BCUT2D eigenvalue weighted by Crippen LogP contribution is 2.10. The van der Waals surface area contributed by atoms with Gasteiger partial charge in [0.1, 0.15) is 0 Å². The minimum Gasteiger partial charge on any atom is -0.391 e. The van der Waals surface area contributed by atoms with Gasteiger partial charge in [0.15, 0.2) is 0 Å². The molecule has 0 saturated carbocycles. The molecule has 0 aromatic heterocycles. The lowest BCUT2D eigenvalue weighted by Gasteiger charge is -2.27. The van der Waals surface area contributed by atoms with E-state index in [1.807, 2.05) is 6.07 Å². The van der Waals surface area contributed by atoms with Crippen LogP contribution >= 0.6 is 0 Å². The summed E-state index contributed by atoms with van der Waals surface area (Å²) in [6, 6.07) is 10.4. The maximum Gasteiger partial charge on any atom is 0.369 e. The summed E-state index contributed by atoms with van der Waals surface area (Å²) >= 11 is 0. The third-order valence-corrected chi connectivity index (χ3v) is 5.94. The summed E-state index contributed by atoms with van der Waals surface area (Å²) in [5, 5.41) is 1.23. The van der Waals surface area contributed by atoms with E-state index < -0.39 is 8.56 Å². The van der Waals surface area contributed by atoms with Gasteiger partial charge in [-0.1, -0.05) is 57.0 Å². The lowest BCUT2D eigenvalue weighted by molar-refractivity contribution is 0.181. The first-order valence-corrected chi connectivity index (χ1v) is 9.38. The molecule has 0 aliphatic rings. The topological polar surface area (TPSA) is 18.5 Å². The fourth-order valence-electron chi connectivity index (χ4n) is 1.77. The van der Waals surface area contributed by atoms with E-state index in [0.29, 0.717) is 0 Å². The molecule has 18 heavy (non-hydrogen) atoms. The summed E-state index contributed by atoms with van der Waals surface area (Å²) in [5.41, 5.74) is 0. The highest BCUT2D eigenvalue weighted by molar-refractivity contribution is 6.79. The van der Waals surface area contributed by atoms with Crippen LogP contribution in [0.5, 0.6) is 0 Å². The second-order valence-electron chi connectivity index (χ2n) is 4.72. The molecule has 0 unspecified atom stereocenters. The van der Waals surface area contributed by atoms with Gasteiger partial charge in [-0.05, 0) is 24.6 Å². The van der Waals surface area contributed by atoms with Crippen LogP contribution in [0.4, 0.5) is 0 Å². The van der Waals surface area contributed by atoms with Crippen molar-refractivity contribution in [2.45, 2.75) is 46.1 Å². The van der Waals surface area contributed by atoms with Crippen molar-refractivity contribution in [3.05, 3.63) is 30.3 Å². The second-order valence-corrected chi connectivity index (χ2v) is 7.76. The summed E-state index contributed by atoms with van der Waals surface area (Å²) in [5.74, 6) is 0. The lowest BCUT2D eigenvalue weighted by Crippen LogP contribution is -2.51. The van der Waals surface area contributed by atoms with Crippen molar-refractivity contribution >= 4 is 13.7 Å². The molecular formula is C15H26O2Si. The van der Waals surface area contributed by atoms with Gasteiger partial charge in [-0.25, -0.2) is 0 Å². The minimum atomic E-state index is -2.20. The van der Waals surface area contributed by atoms with Gasteiger partial charge in [0.25, 0.3) is 0 Å². The fraction of sp³-hybridized carbons (Fsp3) is 0.600. The largest absolute Gasteiger partial charge is 0.391 e. The van der Waals surface area contributed by atoms with Gasteiger partial charge < -0.3 is 8.85 Å². The van der Waals surface area contributed by atoms with Crippen molar-refractivity contribution in [2.24, 2.45) is 0 Å². The summed E-state index contributed by atoms with van der Waals surface area (Å²) < 4.78 is 12.2. The predicted molar refractivity (Wildman–Crippen MR) is 79.4 cm³/mol. The number of rotatable bonds is 9. The molecule has 0 bridgehead atoms. The van der Waals surface area contributed by atoms with Crippen molar-refractivity contribution in [3.63, 3.8) is 0 Å². The van der Waals surface area contributed by atoms with Crippen LogP contribution in [-0.2, 0) is 8.85 Å². The monoisotopic (exact) mass is 266 g/mol. The average molecular weight is 266 g/mol. The third kappa shape index (κ3) is 4.92. The first-order chi connectivity index (χ1) is 8.73. The van der Waals surface area contributed by atoms with Crippen molar-refractivity contribution in [1.29, 1.82) is 0 Å². The molecule has 1 aromatic rings. The van der Waals surface area contributed by atoms with Crippen molar-refractivity contribution in [2.75, 3.05) is 13.2 Å². The summed E-state index contributed by atoms with van der Waals surface area (Å²) in [4.78, 5) is 0. The smallest absolute Gasteiger partial charge is 0.369 e. The molecule has 3 heteroatoms. The molecule has 0 aliphatic carbocycles.